The molecule has 0 radical (unpaired) electrons. The number of anilines is 1. The topological polar surface area (TPSA) is 184 Å². The summed E-state index contributed by atoms with van der Waals surface area (Å²) in [5.41, 5.74) is 5.15. The first-order valence-electron chi connectivity index (χ1n) is 19.2. The van der Waals surface area contributed by atoms with Gasteiger partial charge in [-0.3, -0.25) is 24.0 Å². The predicted octanol–water partition coefficient (Wildman–Crippen LogP) is 3.38. The molecule has 292 valence electrons. The molecule has 0 spiro atoms. The number of nitrogens with zero attached hydrogens (tertiary/aromatic N) is 2. The molecule has 3 aliphatic rings. The molecule has 2 unspecified atom stereocenters. The molecule has 1 saturated heterocycles. The number of rotatable bonds is 17. The van der Waals surface area contributed by atoms with E-state index in [1.165, 1.54) is 4.90 Å². The van der Waals surface area contributed by atoms with Gasteiger partial charge in [-0.1, -0.05) is 66.7 Å². The fraction of sp³-hybridized carbons (Fsp3) is 0.381. The third-order valence-electron chi connectivity index (χ3n) is 10.1. The van der Waals surface area contributed by atoms with Crippen molar-refractivity contribution in [3.8, 4) is 22.4 Å². The Morgan fingerprint density at radius 2 is 1.48 bits per heavy atom. The molecule has 14 heteroatoms. The standard InChI is InChI=1S/C42H47N7O7/c50-37(25-45-39(51)31-10-11-31)49-20-23-56-26-35(49)41(53)46-33-16-14-28(15-17-33)27-6-8-29(9-7-27)34-24-44-36(47-34)18-21-55-22-19-43-42(54)38(30-4-2-1-3-5-30)48-40(52)32-12-13-32/h1-9,14-17,24,31-32,35,38H,10-13,18-23,25-26H2,(H,43,54)(H,44,47)(H,45,51)(H,46,53)(H,48,52). The Kier molecular flexibility index (Phi) is 12.5. The number of imidazole rings is 1. The molecule has 3 fully saturated rings. The second kappa shape index (κ2) is 18.2. The molecule has 2 atom stereocenters. The average Bonchev–Trinajstić information content (AvgIpc) is 4.19. The Balaban J connectivity index is 0.837. The monoisotopic (exact) mass is 761 g/mol. The van der Waals surface area contributed by atoms with Crippen LogP contribution in [0, 0.1) is 11.8 Å². The smallest absolute Gasteiger partial charge is 0.249 e. The fourth-order valence-corrected chi connectivity index (χ4v) is 6.49. The molecule has 2 saturated carbocycles. The number of benzene rings is 3. The largest absolute Gasteiger partial charge is 0.379 e. The lowest BCUT2D eigenvalue weighted by Gasteiger charge is -2.34. The molecule has 2 heterocycles. The number of aromatic amines is 1. The highest BCUT2D eigenvalue weighted by atomic mass is 16.5. The van der Waals surface area contributed by atoms with E-state index in [9.17, 15) is 24.0 Å². The average molecular weight is 762 g/mol. The maximum Gasteiger partial charge on any atom is 0.249 e. The normalized spacial score (nSPS) is 17.1. The molecule has 5 N–H and O–H groups in total. The van der Waals surface area contributed by atoms with E-state index in [-0.39, 0.29) is 61.1 Å². The van der Waals surface area contributed by atoms with Gasteiger partial charge in [-0.15, -0.1) is 0 Å². The highest BCUT2D eigenvalue weighted by Gasteiger charge is 2.35. The van der Waals surface area contributed by atoms with Gasteiger partial charge >= 0.3 is 0 Å². The lowest BCUT2D eigenvalue weighted by Crippen LogP contribution is -2.56. The van der Waals surface area contributed by atoms with Gasteiger partial charge in [0, 0.05) is 37.0 Å². The summed E-state index contributed by atoms with van der Waals surface area (Å²) in [7, 11) is 0. The second-order valence-electron chi connectivity index (χ2n) is 14.3. The van der Waals surface area contributed by atoms with E-state index < -0.39 is 12.1 Å². The van der Waals surface area contributed by atoms with Crippen LogP contribution in [-0.2, 0) is 39.9 Å². The maximum atomic E-state index is 13.2. The van der Waals surface area contributed by atoms with E-state index in [1.807, 2.05) is 78.9 Å². The summed E-state index contributed by atoms with van der Waals surface area (Å²) in [6.07, 6.45) is 5.79. The number of hydrogen-bond donors (Lipinski definition) is 5. The van der Waals surface area contributed by atoms with Crippen LogP contribution >= 0.6 is 0 Å². The Morgan fingerprint density at radius 3 is 2.20 bits per heavy atom. The molecule has 5 amide bonds. The van der Waals surface area contributed by atoms with Gasteiger partial charge in [-0.2, -0.15) is 0 Å². The molecule has 14 nitrogen and oxygen atoms in total. The lowest BCUT2D eigenvalue weighted by atomic mass is 10.0. The van der Waals surface area contributed by atoms with Crippen LogP contribution in [0.5, 0.6) is 0 Å². The third-order valence-corrected chi connectivity index (χ3v) is 10.1. The maximum absolute atomic E-state index is 13.2. The van der Waals surface area contributed by atoms with Crippen LogP contribution in [0.4, 0.5) is 5.69 Å². The van der Waals surface area contributed by atoms with Crippen molar-refractivity contribution in [3.63, 3.8) is 0 Å². The van der Waals surface area contributed by atoms with Crippen LogP contribution in [0.1, 0.15) is 43.1 Å². The van der Waals surface area contributed by atoms with Gasteiger partial charge < -0.3 is 40.6 Å². The number of ether oxygens (including phenoxy) is 2. The zero-order valence-corrected chi connectivity index (χ0v) is 31.1. The van der Waals surface area contributed by atoms with Crippen LogP contribution in [0.3, 0.4) is 0 Å². The minimum Gasteiger partial charge on any atom is -0.379 e. The Labute approximate surface area is 325 Å². The zero-order valence-electron chi connectivity index (χ0n) is 31.1. The summed E-state index contributed by atoms with van der Waals surface area (Å²) in [4.78, 5) is 72.7. The van der Waals surface area contributed by atoms with Crippen LogP contribution in [0.25, 0.3) is 22.4 Å². The van der Waals surface area contributed by atoms with Gasteiger partial charge in [0.1, 0.15) is 17.9 Å². The number of hydrogen-bond acceptors (Lipinski definition) is 8. The van der Waals surface area contributed by atoms with Crippen molar-refractivity contribution in [2.75, 3.05) is 51.4 Å². The molecular weight excluding hydrogens is 715 g/mol. The Morgan fingerprint density at radius 1 is 0.804 bits per heavy atom. The number of H-pyrrole nitrogens is 1. The molecule has 0 bridgehead atoms. The summed E-state index contributed by atoms with van der Waals surface area (Å²) in [6.45, 7) is 1.63. The number of carbonyl (C=O) groups excluding carboxylic acids is 5. The van der Waals surface area contributed by atoms with Crippen molar-refractivity contribution >= 4 is 35.2 Å². The molecule has 2 aliphatic carbocycles. The first kappa shape index (κ1) is 38.4. The van der Waals surface area contributed by atoms with E-state index in [0.717, 1.165) is 59.5 Å². The molecule has 4 aromatic rings. The minimum absolute atomic E-state index is 0.00361. The number of carbonyl (C=O) groups is 5. The highest BCUT2D eigenvalue weighted by molar-refractivity contribution is 5.98. The summed E-state index contributed by atoms with van der Waals surface area (Å²) in [5, 5.41) is 11.4. The summed E-state index contributed by atoms with van der Waals surface area (Å²) in [6, 6.07) is 23.3. The van der Waals surface area contributed by atoms with Crippen molar-refractivity contribution in [1.82, 2.24) is 30.8 Å². The van der Waals surface area contributed by atoms with Gasteiger partial charge in [0.05, 0.1) is 44.9 Å². The predicted molar refractivity (Wildman–Crippen MR) is 208 cm³/mol. The molecule has 7 rings (SSSR count). The molecule has 1 aliphatic heterocycles. The van der Waals surface area contributed by atoms with Crippen molar-refractivity contribution in [2.45, 2.75) is 44.2 Å². The van der Waals surface area contributed by atoms with E-state index in [4.69, 9.17) is 9.47 Å². The van der Waals surface area contributed by atoms with E-state index in [0.29, 0.717) is 38.5 Å². The van der Waals surface area contributed by atoms with Crippen LogP contribution in [-0.4, -0.2) is 96.5 Å². The summed E-state index contributed by atoms with van der Waals surface area (Å²) >= 11 is 0. The van der Waals surface area contributed by atoms with Crippen LogP contribution < -0.4 is 21.3 Å². The van der Waals surface area contributed by atoms with Crippen LogP contribution in [0.2, 0.25) is 0 Å². The van der Waals surface area contributed by atoms with Gasteiger partial charge in [0.25, 0.3) is 0 Å². The van der Waals surface area contributed by atoms with Crippen molar-refractivity contribution in [1.29, 1.82) is 0 Å². The first-order valence-corrected chi connectivity index (χ1v) is 19.2. The molecular formula is C42H47N7O7. The van der Waals surface area contributed by atoms with E-state index in [2.05, 4.69) is 31.2 Å². The zero-order chi connectivity index (χ0) is 38.9. The SMILES string of the molecule is O=C(NCC(=O)N1CCOCC1C(=O)Nc1ccc(-c2ccc(-c3cnc(CCOCCNC(=O)C(NC(=O)C4CC4)c4ccccc4)[nH]3)cc2)cc1)C1CC1. The second-order valence-corrected chi connectivity index (χ2v) is 14.3. The Bertz CT molecular complexity index is 1990. The van der Waals surface area contributed by atoms with E-state index in [1.54, 1.807) is 6.20 Å². The molecule has 56 heavy (non-hydrogen) atoms. The lowest BCUT2D eigenvalue weighted by molar-refractivity contribution is -0.146. The van der Waals surface area contributed by atoms with Crippen molar-refractivity contribution in [3.05, 3.63) is 96.4 Å². The summed E-state index contributed by atoms with van der Waals surface area (Å²) in [5.74, 6) is -0.320. The number of nitrogens with one attached hydrogen (secondary N) is 5. The van der Waals surface area contributed by atoms with Gasteiger partial charge in [-0.25, -0.2) is 4.98 Å². The fourth-order valence-electron chi connectivity index (χ4n) is 6.49. The van der Waals surface area contributed by atoms with Crippen molar-refractivity contribution < 1.29 is 33.4 Å². The van der Waals surface area contributed by atoms with Gasteiger partial charge in [0.2, 0.25) is 29.5 Å². The molecule has 3 aromatic carbocycles. The van der Waals surface area contributed by atoms with E-state index >= 15 is 0 Å². The number of aromatic nitrogens is 2. The summed E-state index contributed by atoms with van der Waals surface area (Å²) < 4.78 is 11.3. The quantitative estimate of drug-likeness (QED) is 0.102. The highest BCUT2D eigenvalue weighted by Crippen LogP contribution is 2.30. The Hall–Kier alpha value is -5.86. The minimum atomic E-state index is -0.788. The van der Waals surface area contributed by atoms with Gasteiger partial charge in [-0.05, 0) is 60.1 Å². The third kappa shape index (κ3) is 10.3. The molecule has 1 aromatic heterocycles. The van der Waals surface area contributed by atoms with Crippen LogP contribution in [0.15, 0.2) is 85.1 Å². The first-order chi connectivity index (χ1) is 27.3. The van der Waals surface area contributed by atoms with Gasteiger partial charge in [0.15, 0.2) is 0 Å². The van der Waals surface area contributed by atoms with Crippen molar-refractivity contribution in [2.24, 2.45) is 11.8 Å². The number of amides is 5. The number of morpholine rings is 1.